The van der Waals surface area contributed by atoms with Crippen molar-refractivity contribution in [3.05, 3.63) is 48.1 Å². The highest BCUT2D eigenvalue weighted by Gasteiger charge is 2.29. The molecule has 1 unspecified atom stereocenters. The first-order chi connectivity index (χ1) is 22.9. The zero-order valence-electron chi connectivity index (χ0n) is 27.2. The number of aromatic nitrogens is 8. The number of tetrazole rings is 1. The number of benzene rings is 1. The number of methoxy groups -OCH3 is 1. The molecule has 0 radical (unpaired) electrons. The summed E-state index contributed by atoms with van der Waals surface area (Å²) in [6, 6.07) is 6.52. The van der Waals surface area contributed by atoms with E-state index in [1.807, 2.05) is 32.2 Å². The molecular formula is C32H43ClN10O4. The van der Waals surface area contributed by atoms with Crippen LogP contribution in [0, 0.1) is 0 Å². The van der Waals surface area contributed by atoms with Crippen molar-refractivity contribution in [2.75, 3.05) is 45.3 Å². The van der Waals surface area contributed by atoms with Gasteiger partial charge in [-0.2, -0.15) is 0 Å². The molecule has 47 heavy (non-hydrogen) atoms. The zero-order chi connectivity index (χ0) is 32.6. The van der Waals surface area contributed by atoms with Crippen LogP contribution in [0.3, 0.4) is 0 Å². The van der Waals surface area contributed by atoms with Crippen molar-refractivity contribution in [3.63, 3.8) is 0 Å². The number of hydrogen-bond acceptors (Lipinski definition) is 12. The number of halogens is 1. The third kappa shape index (κ3) is 8.74. The third-order valence-electron chi connectivity index (χ3n) is 8.67. The summed E-state index contributed by atoms with van der Waals surface area (Å²) in [6.45, 7) is 8.76. The van der Waals surface area contributed by atoms with E-state index >= 15 is 0 Å². The van der Waals surface area contributed by atoms with Crippen LogP contribution in [0.1, 0.15) is 52.0 Å². The second-order valence-electron chi connectivity index (χ2n) is 12.2. The van der Waals surface area contributed by atoms with Crippen molar-refractivity contribution in [2.45, 2.75) is 76.8 Å². The normalized spacial score (nSPS) is 20.1. The van der Waals surface area contributed by atoms with E-state index in [0.29, 0.717) is 47.8 Å². The van der Waals surface area contributed by atoms with Crippen LogP contribution in [-0.4, -0.2) is 103 Å². The Kier molecular flexibility index (Phi) is 11.1. The summed E-state index contributed by atoms with van der Waals surface area (Å²) in [5.74, 6) is 1.54. The van der Waals surface area contributed by atoms with Gasteiger partial charge in [-0.3, -0.25) is 9.58 Å². The Morgan fingerprint density at radius 1 is 1.00 bits per heavy atom. The van der Waals surface area contributed by atoms with E-state index in [1.54, 1.807) is 36.6 Å². The Morgan fingerprint density at radius 2 is 1.77 bits per heavy atom. The van der Waals surface area contributed by atoms with Crippen LogP contribution in [0.25, 0.3) is 11.1 Å². The first-order valence-corrected chi connectivity index (χ1v) is 16.7. The van der Waals surface area contributed by atoms with Gasteiger partial charge in [-0.15, -0.1) is 10.2 Å². The van der Waals surface area contributed by atoms with E-state index < -0.39 is 0 Å². The summed E-state index contributed by atoms with van der Waals surface area (Å²) in [7, 11) is 1.69. The predicted octanol–water partition coefficient (Wildman–Crippen LogP) is 4.81. The summed E-state index contributed by atoms with van der Waals surface area (Å²) in [5.41, 5.74) is 2.43. The van der Waals surface area contributed by atoms with Crippen LogP contribution in [0.2, 0.25) is 5.02 Å². The molecule has 3 aromatic heterocycles. The number of morpholine rings is 1. The van der Waals surface area contributed by atoms with Crippen LogP contribution >= 0.6 is 11.6 Å². The molecule has 1 aliphatic heterocycles. The van der Waals surface area contributed by atoms with Crippen molar-refractivity contribution in [3.8, 4) is 22.8 Å². The Hall–Kier alpha value is -3.85. The average molecular weight is 667 g/mol. The monoisotopic (exact) mass is 666 g/mol. The first kappa shape index (κ1) is 33.1. The van der Waals surface area contributed by atoms with Gasteiger partial charge >= 0.3 is 0 Å². The Balaban J connectivity index is 1.13. The van der Waals surface area contributed by atoms with Crippen LogP contribution in [0.15, 0.2) is 43.1 Å². The van der Waals surface area contributed by atoms with E-state index in [9.17, 15) is 0 Å². The topological polar surface area (TPSA) is 139 Å². The molecule has 2 aliphatic rings. The highest BCUT2D eigenvalue weighted by Crippen LogP contribution is 2.36. The second-order valence-corrected chi connectivity index (χ2v) is 12.6. The summed E-state index contributed by atoms with van der Waals surface area (Å²) in [6.07, 6.45) is 12.0. The minimum atomic E-state index is -0.205. The molecule has 14 nitrogen and oxygen atoms in total. The number of anilines is 2. The van der Waals surface area contributed by atoms with E-state index in [4.69, 9.17) is 35.6 Å². The van der Waals surface area contributed by atoms with E-state index in [-0.39, 0.29) is 12.2 Å². The fourth-order valence-electron chi connectivity index (χ4n) is 6.12. The Bertz CT molecular complexity index is 1540. The lowest BCUT2D eigenvalue weighted by atomic mass is 9.90. The molecule has 2 fully saturated rings. The molecule has 0 bridgehead atoms. The first-order valence-electron chi connectivity index (χ1n) is 16.3. The van der Waals surface area contributed by atoms with Gasteiger partial charge in [-0.25, -0.2) is 14.6 Å². The lowest BCUT2D eigenvalue weighted by Gasteiger charge is -2.38. The Morgan fingerprint density at radius 3 is 2.49 bits per heavy atom. The molecule has 1 saturated heterocycles. The third-order valence-corrected chi connectivity index (χ3v) is 8.98. The number of hydrogen-bond donors (Lipinski definition) is 1. The van der Waals surface area contributed by atoms with Gasteiger partial charge in [0.1, 0.15) is 23.9 Å². The molecule has 1 aliphatic carbocycles. The van der Waals surface area contributed by atoms with Crippen molar-refractivity contribution >= 4 is 23.2 Å². The molecule has 1 N–H and O–H groups in total. The molecule has 252 valence electrons. The van der Waals surface area contributed by atoms with Gasteiger partial charge in [-0.05, 0) is 67.7 Å². The molecule has 15 heteroatoms. The average Bonchev–Trinajstić information content (AvgIpc) is 3.75. The van der Waals surface area contributed by atoms with Gasteiger partial charge in [0.2, 0.25) is 5.95 Å². The summed E-state index contributed by atoms with van der Waals surface area (Å²) in [5, 5.41) is 20.0. The van der Waals surface area contributed by atoms with E-state index in [2.05, 4.69) is 40.4 Å². The minimum Gasteiger partial charge on any atom is -0.487 e. The van der Waals surface area contributed by atoms with Gasteiger partial charge < -0.3 is 24.3 Å². The summed E-state index contributed by atoms with van der Waals surface area (Å²) < 4.78 is 26.9. The molecule has 1 saturated carbocycles. The highest BCUT2D eigenvalue weighted by atomic mass is 35.5. The second kappa shape index (κ2) is 15.8. The quantitative estimate of drug-likeness (QED) is 0.198. The Labute approximate surface area is 279 Å². The molecule has 4 aromatic rings. The van der Waals surface area contributed by atoms with Crippen molar-refractivity contribution < 1.29 is 18.9 Å². The predicted molar refractivity (Wildman–Crippen MR) is 176 cm³/mol. The lowest BCUT2D eigenvalue weighted by molar-refractivity contribution is 0.00500. The van der Waals surface area contributed by atoms with Gasteiger partial charge in [0, 0.05) is 57.2 Å². The molecule has 0 amide bonds. The molecule has 4 heterocycles. The van der Waals surface area contributed by atoms with Gasteiger partial charge in [0.05, 0.1) is 43.1 Å². The fourth-order valence-corrected chi connectivity index (χ4v) is 6.28. The maximum Gasteiger partial charge on any atom is 0.257 e. The maximum atomic E-state index is 6.46. The molecule has 6 rings (SSSR count). The maximum absolute atomic E-state index is 6.46. The SMILES string of the molecule is COCCC(C)Oc1nn([C@H]2CC[C@H](N3CCOCC3)CC2)cc1Nc1ncc(-c2ccc(Cl)c(O[C@@H](C)Cn3cnnn3)c2)cn1. The summed E-state index contributed by atoms with van der Waals surface area (Å²) >= 11 is 6.46. The highest BCUT2D eigenvalue weighted by molar-refractivity contribution is 6.32. The van der Waals surface area contributed by atoms with Crippen molar-refractivity contribution in [2.24, 2.45) is 0 Å². The van der Waals surface area contributed by atoms with Gasteiger partial charge in [0.15, 0.2) is 0 Å². The largest absolute Gasteiger partial charge is 0.487 e. The number of rotatable bonds is 14. The minimum absolute atomic E-state index is 0.0730. The van der Waals surface area contributed by atoms with Crippen LogP contribution in [0.4, 0.5) is 11.6 Å². The van der Waals surface area contributed by atoms with Crippen LogP contribution in [0.5, 0.6) is 11.6 Å². The van der Waals surface area contributed by atoms with Crippen molar-refractivity contribution in [1.29, 1.82) is 0 Å². The number of nitrogens with zero attached hydrogens (tertiary/aromatic N) is 9. The lowest BCUT2D eigenvalue weighted by Crippen LogP contribution is -2.45. The van der Waals surface area contributed by atoms with Gasteiger partial charge in [-0.1, -0.05) is 17.7 Å². The van der Waals surface area contributed by atoms with Crippen LogP contribution < -0.4 is 14.8 Å². The summed E-state index contributed by atoms with van der Waals surface area (Å²) in [4.78, 5) is 11.8. The molecular weight excluding hydrogens is 624 g/mol. The molecule has 0 spiro atoms. The molecule has 2 atom stereocenters. The standard InChI is InChI=1S/C32H43ClN10O4/c1-22(10-13-44-3)47-31-29(20-43(38-31)27-7-5-26(6-8-27)41-11-14-45-15-12-41)37-32-34-17-25(18-35-32)24-4-9-28(33)30(16-24)46-23(2)19-42-21-36-39-40-42/h4,9,16-18,20-23,26-27H,5-8,10-15,19H2,1-3H3,(H,34,35,37)/t22?,23-,26-,27-/m0/s1. The zero-order valence-corrected chi connectivity index (χ0v) is 27.9. The number of ether oxygens (including phenoxy) is 4. The fraction of sp³-hybridized carbons (Fsp3) is 0.562. The smallest absolute Gasteiger partial charge is 0.257 e. The molecule has 1 aromatic carbocycles. The van der Waals surface area contributed by atoms with E-state index in [1.165, 1.54) is 0 Å². The van der Waals surface area contributed by atoms with Crippen LogP contribution in [-0.2, 0) is 16.0 Å². The number of nitrogens with one attached hydrogen (secondary N) is 1. The van der Waals surface area contributed by atoms with E-state index in [0.717, 1.165) is 75.2 Å². The van der Waals surface area contributed by atoms with Gasteiger partial charge in [0.25, 0.3) is 5.88 Å². The van der Waals surface area contributed by atoms with Crippen molar-refractivity contribution in [1.82, 2.24) is 44.9 Å².